The molecule has 0 saturated carbocycles. The molecule has 184 valence electrons. The number of esters is 1. The second-order valence-corrected chi connectivity index (χ2v) is 9.62. The predicted molar refractivity (Wildman–Crippen MR) is 149 cm³/mol. The number of benzene rings is 4. The molecular weight excluding hydrogens is 491 g/mol. The Hall–Kier alpha value is -3.47. The Morgan fingerprint density at radius 2 is 1.39 bits per heavy atom. The highest BCUT2D eigenvalue weighted by molar-refractivity contribution is 6.30. The van der Waals surface area contributed by atoms with Crippen LogP contribution < -0.4 is 11.1 Å². The molecule has 4 aromatic carbocycles. The van der Waals surface area contributed by atoms with Crippen molar-refractivity contribution in [2.45, 2.75) is 18.3 Å². The number of ether oxygens (including phenoxy) is 1. The Morgan fingerprint density at radius 1 is 0.861 bits per heavy atom. The van der Waals surface area contributed by atoms with Gasteiger partial charge in [0.05, 0.1) is 18.5 Å². The molecule has 0 heterocycles. The Kier molecular flexibility index (Phi) is 7.88. The fourth-order valence-corrected chi connectivity index (χ4v) is 4.76. The zero-order valence-electron chi connectivity index (χ0n) is 20.2. The maximum atomic E-state index is 13.7. The standard InChI is InChI=1S/C30H28Cl2N2O2/c1-20(21-6-4-3-5-7-21)19-34-28-18-24(12-17-27(28)33)30(29(35)36-2,22-8-13-25(31)14-9-22)23-10-15-26(32)16-11-23/h3-18,20,34H,19,33H2,1-2H3. The topological polar surface area (TPSA) is 64.3 Å². The average molecular weight is 519 g/mol. The van der Waals surface area contributed by atoms with Crippen LogP contribution in [-0.2, 0) is 14.9 Å². The van der Waals surface area contributed by atoms with Crippen molar-refractivity contribution in [3.05, 3.63) is 129 Å². The minimum absolute atomic E-state index is 0.257. The van der Waals surface area contributed by atoms with E-state index in [0.29, 0.717) is 27.8 Å². The van der Waals surface area contributed by atoms with Crippen molar-refractivity contribution in [1.82, 2.24) is 0 Å². The number of nitrogens with one attached hydrogen (secondary N) is 1. The first-order chi connectivity index (χ1) is 17.4. The monoisotopic (exact) mass is 518 g/mol. The van der Waals surface area contributed by atoms with Gasteiger partial charge < -0.3 is 15.8 Å². The minimum Gasteiger partial charge on any atom is -0.468 e. The fraction of sp³-hybridized carbons (Fsp3) is 0.167. The minimum atomic E-state index is -1.26. The van der Waals surface area contributed by atoms with Gasteiger partial charge in [0.1, 0.15) is 5.41 Å². The van der Waals surface area contributed by atoms with Crippen LogP contribution in [0.5, 0.6) is 0 Å². The zero-order valence-corrected chi connectivity index (χ0v) is 21.7. The van der Waals surface area contributed by atoms with Gasteiger partial charge in [-0.05, 0) is 64.6 Å². The Bertz CT molecular complexity index is 1280. The van der Waals surface area contributed by atoms with Gasteiger partial charge in [0.25, 0.3) is 0 Å². The molecule has 0 spiro atoms. The number of rotatable bonds is 8. The van der Waals surface area contributed by atoms with Crippen molar-refractivity contribution in [3.63, 3.8) is 0 Å². The molecule has 0 aromatic heterocycles. The fourth-order valence-electron chi connectivity index (χ4n) is 4.51. The summed E-state index contributed by atoms with van der Waals surface area (Å²) in [6.07, 6.45) is 0. The van der Waals surface area contributed by atoms with Gasteiger partial charge in [0.15, 0.2) is 0 Å². The molecule has 1 atom stereocenters. The molecule has 36 heavy (non-hydrogen) atoms. The molecular formula is C30H28Cl2N2O2. The van der Waals surface area contributed by atoms with E-state index in [1.807, 2.05) is 60.7 Å². The second-order valence-electron chi connectivity index (χ2n) is 8.75. The molecule has 0 saturated heterocycles. The molecule has 6 heteroatoms. The molecule has 3 N–H and O–H groups in total. The lowest BCUT2D eigenvalue weighted by Crippen LogP contribution is -2.39. The second kappa shape index (κ2) is 11.1. The molecule has 0 aliphatic rings. The number of halogens is 2. The van der Waals surface area contributed by atoms with Gasteiger partial charge in [-0.1, -0.05) is 90.8 Å². The van der Waals surface area contributed by atoms with Crippen molar-refractivity contribution in [3.8, 4) is 0 Å². The smallest absolute Gasteiger partial charge is 0.325 e. The third-order valence-electron chi connectivity index (χ3n) is 6.50. The Morgan fingerprint density at radius 3 is 1.92 bits per heavy atom. The third kappa shape index (κ3) is 5.06. The summed E-state index contributed by atoms with van der Waals surface area (Å²) < 4.78 is 5.41. The number of carbonyl (C=O) groups is 1. The highest BCUT2D eigenvalue weighted by atomic mass is 35.5. The van der Waals surface area contributed by atoms with E-state index in [9.17, 15) is 4.79 Å². The van der Waals surface area contributed by atoms with Crippen molar-refractivity contribution >= 4 is 40.5 Å². The van der Waals surface area contributed by atoms with Crippen LogP contribution in [-0.4, -0.2) is 19.6 Å². The normalized spacial score (nSPS) is 12.1. The van der Waals surface area contributed by atoms with Crippen LogP contribution in [0.15, 0.2) is 97.1 Å². The van der Waals surface area contributed by atoms with Crippen LogP contribution >= 0.6 is 23.2 Å². The Balaban J connectivity index is 1.84. The lowest BCUT2D eigenvalue weighted by atomic mass is 9.69. The van der Waals surface area contributed by atoms with Crippen molar-refractivity contribution in [1.29, 1.82) is 0 Å². The number of methoxy groups -OCH3 is 1. The molecule has 0 radical (unpaired) electrons. The van der Waals surface area contributed by atoms with Crippen LogP contribution in [0.3, 0.4) is 0 Å². The number of nitrogens with two attached hydrogens (primary N) is 1. The molecule has 0 aliphatic carbocycles. The largest absolute Gasteiger partial charge is 0.468 e. The number of carbonyl (C=O) groups excluding carboxylic acids is 1. The number of anilines is 2. The maximum Gasteiger partial charge on any atom is 0.325 e. The summed E-state index contributed by atoms with van der Waals surface area (Å²) >= 11 is 12.4. The van der Waals surface area contributed by atoms with Crippen molar-refractivity contribution < 1.29 is 9.53 Å². The van der Waals surface area contributed by atoms with Gasteiger partial charge in [-0.2, -0.15) is 0 Å². The van der Waals surface area contributed by atoms with Crippen molar-refractivity contribution in [2.75, 3.05) is 24.7 Å². The lowest BCUT2D eigenvalue weighted by Gasteiger charge is -2.33. The summed E-state index contributed by atoms with van der Waals surface area (Å²) in [5.41, 5.74) is 9.81. The molecule has 4 nitrogen and oxygen atoms in total. The van der Waals surface area contributed by atoms with Gasteiger partial charge in [-0.15, -0.1) is 0 Å². The van der Waals surface area contributed by atoms with E-state index in [2.05, 4.69) is 24.4 Å². The first kappa shape index (κ1) is 25.6. The zero-order chi connectivity index (χ0) is 25.7. The highest BCUT2D eigenvalue weighted by Crippen LogP contribution is 2.43. The quantitative estimate of drug-likeness (QED) is 0.146. The molecule has 0 aliphatic heterocycles. The highest BCUT2D eigenvalue weighted by Gasteiger charge is 2.45. The Labute approximate surface area is 222 Å². The summed E-state index contributed by atoms with van der Waals surface area (Å²) in [6.45, 7) is 2.83. The van der Waals surface area contributed by atoms with E-state index in [1.165, 1.54) is 12.7 Å². The van der Waals surface area contributed by atoms with E-state index in [4.69, 9.17) is 33.7 Å². The molecule has 0 bridgehead atoms. The van der Waals surface area contributed by atoms with Crippen LogP contribution in [0, 0.1) is 0 Å². The van der Waals surface area contributed by atoms with Crippen LogP contribution in [0.2, 0.25) is 10.0 Å². The molecule has 1 unspecified atom stereocenters. The average Bonchev–Trinajstić information content (AvgIpc) is 2.91. The van der Waals surface area contributed by atoms with E-state index in [1.54, 1.807) is 24.3 Å². The predicted octanol–water partition coefficient (Wildman–Crippen LogP) is 7.30. The van der Waals surface area contributed by atoms with Crippen LogP contribution in [0.4, 0.5) is 11.4 Å². The van der Waals surface area contributed by atoms with E-state index in [-0.39, 0.29) is 5.92 Å². The number of hydrogen-bond acceptors (Lipinski definition) is 4. The molecule has 4 aromatic rings. The first-order valence-corrected chi connectivity index (χ1v) is 12.4. The van der Waals surface area contributed by atoms with Crippen LogP contribution in [0.1, 0.15) is 35.1 Å². The molecule has 4 rings (SSSR count). The van der Waals surface area contributed by atoms with Gasteiger partial charge in [-0.3, -0.25) is 4.79 Å². The summed E-state index contributed by atoms with van der Waals surface area (Å²) in [5, 5.41) is 4.63. The summed E-state index contributed by atoms with van der Waals surface area (Å²) in [5.74, 6) is -0.173. The summed E-state index contributed by atoms with van der Waals surface area (Å²) in [4.78, 5) is 13.7. The van der Waals surface area contributed by atoms with Gasteiger partial charge >= 0.3 is 5.97 Å². The van der Waals surface area contributed by atoms with Crippen LogP contribution in [0.25, 0.3) is 0 Å². The van der Waals surface area contributed by atoms with E-state index in [0.717, 1.165) is 16.8 Å². The number of nitrogen functional groups attached to an aromatic ring is 1. The van der Waals surface area contributed by atoms with Gasteiger partial charge in [0.2, 0.25) is 0 Å². The molecule has 0 fully saturated rings. The van der Waals surface area contributed by atoms with Gasteiger partial charge in [0, 0.05) is 16.6 Å². The summed E-state index contributed by atoms with van der Waals surface area (Å²) in [7, 11) is 1.39. The SMILES string of the molecule is COC(=O)C(c1ccc(Cl)cc1)(c1ccc(Cl)cc1)c1ccc(N)c(NCC(C)c2ccccc2)c1. The first-order valence-electron chi connectivity index (χ1n) is 11.7. The van der Waals surface area contributed by atoms with Gasteiger partial charge in [-0.25, -0.2) is 0 Å². The van der Waals surface area contributed by atoms with Crippen molar-refractivity contribution in [2.24, 2.45) is 0 Å². The summed E-state index contributed by atoms with van der Waals surface area (Å²) in [6, 6.07) is 30.3. The number of hydrogen-bond donors (Lipinski definition) is 2. The molecule has 0 amide bonds. The van der Waals surface area contributed by atoms with E-state index >= 15 is 0 Å². The lowest BCUT2D eigenvalue weighted by molar-refractivity contribution is -0.144. The van der Waals surface area contributed by atoms with E-state index < -0.39 is 11.4 Å². The maximum absolute atomic E-state index is 13.7. The third-order valence-corrected chi connectivity index (χ3v) is 7.00.